The van der Waals surface area contributed by atoms with Crippen LogP contribution in [0.25, 0.3) is 0 Å². The Morgan fingerprint density at radius 2 is 1.94 bits per heavy atom. The van der Waals surface area contributed by atoms with Crippen molar-refractivity contribution in [2.45, 2.75) is 18.7 Å². The molecule has 0 aliphatic carbocycles. The van der Waals surface area contributed by atoms with Gasteiger partial charge < -0.3 is 11.1 Å². The molecule has 0 aliphatic rings. The molecular formula is C13H21ClN2OS. The van der Waals surface area contributed by atoms with Crippen molar-refractivity contribution < 1.29 is 4.79 Å². The van der Waals surface area contributed by atoms with Crippen molar-refractivity contribution in [3.05, 3.63) is 30.3 Å². The molecule has 0 bridgehead atoms. The van der Waals surface area contributed by atoms with Gasteiger partial charge in [-0.1, -0.05) is 18.2 Å². The van der Waals surface area contributed by atoms with Crippen LogP contribution in [0.2, 0.25) is 0 Å². The zero-order valence-electron chi connectivity index (χ0n) is 10.8. The van der Waals surface area contributed by atoms with Gasteiger partial charge in [-0.15, -0.1) is 24.2 Å². The van der Waals surface area contributed by atoms with E-state index in [0.29, 0.717) is 13.1 Å². The lowest BCUT2D eigenvalue weighted by Gasteiger charge is -2.21. The Morgan fingerprint density at radius 3 is 2.50 bits per heavy atom. The Bertz CT molecular complexity index is 357. The first-order valence-electron chi connectivity index (χ1n) is 5.72. The molecule has 1 aromatic carbocycles. The van der Waals surface area contributed by atoms with Crippen molar-refractivity contribution in [3.8, 4) is 0 Å². The van der Waals surface area contributed by atoms with Gasteiger partial charge in [-0.2, -0.15) is 0 Å². The maximum atomic E-state index is 11.7. The standard InChI is InChI=1S/C13H20N2OS.ClH/c1-13(2,10-14)12(16)15-8-9-17-11-6-4-3-5-7-11;/h3-7H,8-10,14H2,1-2H3,(H,15,16);1H. The van der Waals surface area contributed by atoms with Gasteiger partial charge in [0, 0.05) is 23.7 Å². The average molecular weight is 289 g/mol. The molecule has 0 unspecified atom stereocenters. The molecule has 0 aromatic heterocycles. The van der Waals surface area contributed by atoms with E-state index < -0.39 is 5.41 Å². The minimum Gasteiger partial charge on any atom is -0.355 e. The number of hydrogen-bond acceptors (Lipinski definition) is 3. The summed E-state index contributed by atoms with van der Waals surface area (Å²) in [5.74, 6) is 0.893. The van der Waals surface area contributed by atoms with Crippen LogP contribution in [0.5, 0.6) is 0 Å². The number of nitrogens with one attached hydrogen (secondary N) is 1. The summed E-state index contributed by atoms with van der Waals surface area (Å²) in [6.07, 6.45) is 0. The summed E-state index contributed by atoms with van der Waals surface area (Å²) in [4.78, 5) is 12.9. The maximum absolute atomic E-state index is 11.7. The predicted molar refractivity (Wildman–Crippen MR) is 80.3 cm³/mol. The Kier molecular flexibility index (Phi) is 8.07. The number of rotatable bonds is 6. The van der Waals surface area contributed by atoms with Gasteiger partial charge in [-0.05, 0) is 26.0 Å². The third kappa shape index (κ3) is 5.76. The highest BCUT2D eigenvalue weighted by Crippen LogP contribution is 2.16. The molecule has 0 heterocycles. The molecule has 102 valence electrons. The second-order valence-electron chi connectivity index (χ2n) is 4.51. The van der Waals surface area contributed by atoms with Crippen LogP contribution in [0.1, 0.15) is 13.8 Å². The molecular weight excluding hydrogens is 268 g/mol. The van der Waals surface area contributed by atoms with Gasteiger partial charge in [0.15, 0.2) is 0 Å². The molecule has 1 amide bonds. The van der Waals surface area contributed by atoms with E-state index in [1.54, 1.807) is 11.8 Å². The van der Waals surface area contributed by atoms with Crippen LogP contribution in [-0.4, -0.2) is 24.7 Å². The summed E-state index contributed by atoms with van der Waals surface area (Å²) in [6, 6.07) is 10.2. The third-order valence-electron chi connectivity index (χ3n) is 2.52. The second-order valence-corrected chi connectivity index (χ2v) is 5.67. The molecule has 3 N–H and O–H groups in total. The first-order chi connectivity index (χ1) is 8.06. The van der Waals surface area contributed by atoms with E-state index >= 15 is 0 Å². The maximum Gasteiger partial charge on any atom is 0.226 e. The summed E-state index contributed by atoms with van der Waals surface area (Å²) in [6.45, 7) is 4.74. The van der Waals surface area contributed by atoms with E-state index in [1.807, 2.05) is 32.0 Å². The summed E-state index contributed by atoms with van der Waals surface area (Å²) in [5.41, 5.74) is 5.06. The fraction of sp³-hybridized carbons (Fsp3) is 0.462. The predicted octanol–water partition coefficient (Wildman–Crippen LogP) is 2.30. The highest BCUT2D eigenvalue weighted by Gasteiger charge is 2.24. The zero-order valence-corrected chi connectivity index (χ0v) is 12.4. The van der Waals surface area contributed by atoms with Crippen molar-refractivity contribution in [1.82, 2.24) is 5.32 Å². The van der Waals surface area contributed by atoms with E-state index in [2.05, 4.69) is 17.4 Å². The van der Waals surface area contributed by atoms with E-state index in [4.69, 9.17) is 5.73 Å². The van der Waals surface area contributed by atoms with Gasteiger partial charge in [0.1, 0.15) is 0 Å². The lowest BCUT2D eigenvalue weighted by Crippen LogP contribution is -2.42. The van der Waals surface area contributed by atoms with Gasteiger partial charge in [0.25, 0.3) is 0 Å². The van der Waals surface area contributed by atoms with Crippen LogP contribution >= 0.6 is 24.2 Å². The molecule has 1 aromatic rings. The van der Waals surface area contributed by atoms with E-state index in [0.717, 1.165) is 5.75 Å². The van der Waals surface area contributed by atoms with Crippen LogP contribution < -0.4 is 11.1 Å². The SMILES string of the molecule is CC(C)(CN)C(=O)NCCSc1ccccc1.Cl. The molecule has 5 heteroatoms. The largest absolute Gasteiger partial charge is 0.355 e. The minimum absolute atomic E-state index is 0. The lowest BCUT2D eigenvalue weighted by molar-refractivity contribution is -0.128. The van der Waals surface area contributed by atoms with E-state index in [-0.39, 0.29) is 18.3 Å². The van der Waals surface area contributed by atoms with Crippen LogP contribution in [0, 0.1) is 5.41 Å². The Labute approximate surface area is 119 Å². The summed E-state index contributed by atoms with van der Waals surface area (Å²) < 4.78 is 0. The van der Waals surface area contributed by atoms with Gasteiger partial charge in [0.2, 0.25) is 5.91 Å². The van der Waals surface area contributed by atoms with Crippen molar-refractivity contribution in [1.29, 1.82) is 0 Å². The Morgan fingerprint density at radius 1 is 1.33 bits per heavy atom. The summed E-state index contributed by atoms with van der Waals surface area (Å²) >= 11 is 1.73. The average Bonchev–Trinajstić information content (AvgIpc) is 2.35. The van der Waals surface area contributed by atoms with Crippen LogP contribution in [0.3, 0.4) is 0 Å². The monoisotopic (exact) mass is 288 g/mol. The molecule has 0 spiro atoms. The second kappa shape index (κ2) is 8.40. The fourth-order valence-corrected chi connectivity index (χ4v) is 1.97. The summed E-state index contributed by atoms with van der Waals surface area (Å²) in [7, 11) is 0. The van der Waals surface area contributed by atoms with Crippen molar-refractivity contribution in [2.75, 3.05) is 18.8 Å². The van der Waals surface area contributed by atoms with Crippen LogP contribution in [0.4, 0.5) is 0 Å². The minimum atomic E-state index is -0.475. The lowest BCUT2D eigenvalue weighted by atomic mass is 9.93. The number of hydrogen-bond donors (Lipinski definition) is 2. The quantitative estimate of drug-likeness (QED) is 0.624. The molecule has 0 aliphatic heterocycles. The molecule has 0 saturated heterocycles. The molecule has 0 fully saturated rings. The fourth-order valence-electron chi connectivity index (χ4n) is 1.18. The van der Waals surface area contributed by atoms with Crippen molar-refractivity contribution >= 4 is 30.1 Å². The smallest absolute Gasteiger partial charge is 0.226 e. The van der Waals surface area contributed by atoms with E-state index in [9.17, 15) is 4.79 Å². The normalized spacial score (nSPS) is 10.6. The molecule has 3 nitrogen and oxygen atoms in total. The number of thioether (sulfide) groups is 1. The number of carbonyl (C=O) groups excluding carboxylic acids is 1. The molecule has 1 rings (SSSR count). The number of amides is 1. The van der Waals surface area contributed by atoms with Gasteiger partial charge >= 0.3 is 0 Å². The number of halogens is 1. The van der Waals surface area contributed by atoms with E-state index in [1.165, 1.54) is 4.90 Å². The highest BCUT2D eigenvalue weighted by molar-refractivity contribution is 7.99. The number of carbonyl (C=O) groups is 1. The number of benzene rings is 1. The van der Waals surface area contributed by atoms with Crippen molar-refractivity contribution in [3.63, 3.8) is 0 Å². The summed E-state index contributed by atoms with van der Waals surface area (Å²) in [5, 5.41) is 2.90. The zero-order chi connectivity index (χ0) is 12.7. The molecule has 18 heavy (non-hydrogen) atoms. The number of nitrogens with two attached hydrogens (primary N) is 1. The van der Waals surface area contributed by atoms with Crippen molar-refractivity contribution in [2.24, 2.45) is 11.1 Å². The Balaban J connectivity index is 0.00000289. The third-order valence-corrected chi connectivity index (χ3v) is 3.54. The van der Waals surface area contributed by atoms with Crippen LogP contribution in [0.15, 0.2) is 35.2 Å². The molecule has 0 atom stereocenters. The van der Waals surface area contributed by atoms with Crippen LogP contribution in [-0.2, 0) is 4.79 Å². The first kappa shape index (κ1) is 17.3. The first-order valence-corrected chi connectivity index (χ1v) is 6.71. The van der Waals surface area contributed by atoms with Gasteiger partial charge in [-0.25, -0.2) is 0 Å². The highest BCUT2D eigenvalue weighted by atomic mass is 35.5. The topological polar surface area (TPSA) is 55.1 Å². The van der Waals surface area contributed by atoms with Gasteiger partial charge in [0.05, 0.1) is 5.41 Å². The molecule has 0 saturated carbocycles. The van der Waals surface area contributed by atoms with Gasteiger partial charge in [-0.3, -0.25) is 4.79 Å². The molecule has 0 radical (unpaired) electrons. The Hall–Kier alpha value is -0.710.